The van der Waals surface area contributed by atoms with Crippen molar-refractivity contribution in [2.24, 2.45) is 4.99 Å². The van der Waals surface area contributed by atoms with E-state index in [0.717, 1.165) is 35.4 Å². The summed E-state index contributed by atoms with van der Waals surface area (Å²) in [6.07, 6.45) is 7.63. The summed E-state index contributed by atoms with van der Waals surface area (Å²) in [5, 5.41) is 0. The Kier molecular flexibility index (Phi) is 5.63. The summed E-state index contributed by atoms with van der Waals surface area (Å²) in [6.45, 7) is 2.53. The zero-order valence-electron chi connectivity index (χ0n) is 14.2. The normalized spacial score (nSPS) is 15.8. The number of ether oxygens (including phenoxy) is 1. The molecule has 1 fully saturated rings. The van der Waals surface area contributed by atoms with E-state index in [1.807, 2.05) is 37.3 Å². The molecule has 2 aromatic carbocycles. The van der Waals surface area contributed by atoms with E-state index < -0.39 is 0 Å². The molecule has 24 heavy (non-hydrogen) atoms. The highest BCUT2D eigenvalue weighted by atomic mass is 19.1. The molecule has 126 valence electrons. The maximum Gasteiger partial charge on any atom is 0.131 e. The van der Waals surface area contributed by atoms with E-state index in [9.17, 15) is 4.39 Å². The van der Waals surface area contributed by atoms with Crippen LogP contribution in [0.2, 0.25) is 0 Å². The van der Waals surface area contributed by atoms with Crippen molar-refractivity contribution in [3.8, 4) is 5.75 Å². The predicted molar refractivity (Wildman–Crippen MR) is 97.1 cm³/mol. The molecule has 0 bridgehead atoms. The van der Waals surface area contributed by atoms with E-state index in [1.165, 1.54) is 25.3 Å². The van der Waals surface area contributed by atoms with Gasteiger partial charge in [0.25, 0.3) is 0 Å². The summed E-state index contributed by atoms with van der Waals surface area (Å²) >= 11 is 0. The van der Waals surface area contributed by atoms with Crippen LogP contribution in [0.4, 0.5) is 10.1 Å². The van der Waals surface area contributed by atoms with Crippen LogP contribution in [0, 0.1) is 5.82 Å². The fourth-order valence-electron chi connectivity index (χ4n) is 3.42. The van der Waals surface area contributed by atoms with E-state index in [2.05, 4.69) is 4.99 Å². The van der Waals surface area contributed by atoms with Gasteiger partial charge >= 0.3 is 0 Å². The molecular weight excluding hydrogens is 301 g/mol. The van der Waals surface area contributed by atoms with Crippen LogP contribution < -0.4 is 4.74 Å². The molecular formula is C21H24FNO. The van der Waals surface area contributed by atoms with Crippen molar-refractivity contribution in [2.45, 2.75) is 44.9 Å². The van der Waals surface area contributed by atoms with Crippen LogP contribution in [-0.2, 0) is 0 Å². The van der Waals surface area contributed by atoms with Gasteiger partial charge in [0.15, 0.2) is 0 Å². The van der Waals surface area contributed by atoms with Gasteiger partial charge in [0, 0.05) is 17.3 Å². The maximum atomic E-state index is 14.2. The largest absolute Gasteiger partial charge is 0.493 e. The minimum atomic E-state index is -0.214. The molecule has 0 atom stereocenters. The van der Waals surface area contributed by atoms with Crippen LogP contribution in [0.1, 0.15) is 56.1 Å². The summed E-state index contributed by atoms with van der Waals surface area (Å²) in [7, 11) is 0. The van der Waals surface area contributed by atoms with E-state index in [-0.39, 0.29) is 5.82 Å². The first-order valence-electron chi connectivity index (χ1n) is 8.83. The average Bonchev–Trinajstić information content (AvgIpc) is 2.63. The van der Waals surface area contributed by atoms with Crippen LogP contribution in [0.25, 0.3) is 0 Å². The number of halogens is 1. The zero-order chi connectivity index (χ0) is 16.8. The fourth-order valence-corrected chi connectivity index (χ4v) is 3.42. The molecule has 1 aliphatic rings. The van der Waals surface area contributed by atoms with E-state index in [1.54, 1.807) is 12.3 Å². The highest BCUT2D eigenvalue weighted by molar-refractivity contribution is 5.86. The van der Waals surface area contributed by atoms with E-state index in [4.69, 9.17) is 4.74 Å². The lowest BCUT2D eigenvalue weighted by Gasteiger charge is -2.25. The number of nitrogens with zero attached hydrogens (tertiary/aromatic N) is 1. The highest BCUT2D eigenvalue weighted by Crippen LogP contribution is 2.39. The van der Waals surface area contributed by atoms with E-state index in [0.29, 0.717) is 12.5 Å². The third kappa shape index (κ3) is 4.02. The topological polar surface area (TPSA) is 21.6 Å². The number of aliphatic imine (C=N–C) groups is 1. The molecule has 0 amide bonds. The molecule has 3 heteroatoms. The van der Waals surface area contributed by atoms with Crippen molar-refractivity contribution in [3.05, 3.63) is 59.4 Å². The maximum absolute atomic E-state index is 14.2. The standard InChI is InChI=1S/C21H24FNO/c1-2-24-21-17(15-23-19-11-7-4-8-12-19)13-18(22)14-20(21)16-9-5-3-6-10-16/h4,7-8,11-16H,2-3,5-6,9-10H2,1H3. The molecule has 2 aromatic rings. The lowest BCUT2D eigenvalue weighted by Crippen LogP contribution is -2.09. The van der Waals surface area contributed by atoms with Crippen LogP contribution in [0.5, 0.6) is 5.75 Å². The number of benzene rings is 2. The number of rotatable bonds is 5. The Hall–Kier alpha value is -2.16. The van der Waals surface area contributed by atoms with Gasteiger partial charge in [-0.3, -0.25) is 4.99 Å². The highest BCUT2D eigenvalue weighted by Gasteiger charge is 2.22. The number of hydrogen-bond donors (Lipinski definition) is 0. The molecule has 0 unspecified atom stereocenters. The summed E-state index contributed by atoms with van der Waals surface area (Å²) in [5.41, 5.74) is 2.58. The SMILES string of the molecule is CCOc1c(C=Nc2ccccc2)cc(F)cc1C1CCCCC1. The van der Waals surface area contributed by atoms with Crippen LogP contribution in [0.3, 0.4) is 0 Å². The summed E-state index contributed by atoms with van der Waals surface area (Å²) < 4.78 is 20.1. The summed E-state index contributed by atoms with van der Waals surface area (Å²) in [5.74, 6) is 0.971. The monoisotopic (exact) mass is 325 g/mol. The third-order valence-corrected chi connectivity index (χ3v) is 4.55. The summed E-state index contributed by atoms with van der Waals surface area (Å²) in [4.78, 5) is 4.48. The Morgan fingerprint density at radius 3 is 2.58 bits per heavy atom. The van der Waals surface area contributed by atoms with Gasteiger partial charge in [0.05, 0.1) is 12.3 Å². The molecule has 0 spiro atoms. The predicted octanol–water partition coefficient (Wildman–Crippen LogP) is 6.02. The lowest BCUT2D eigenvalue weighted by atomic mass is 9.83. The van der Waals surface area contributed by atoms with Crippen molar-refractivity contribution < 1.29 is 9.13 Å². The molecule has 1 aliphatic carbocycles. The van der Waals surface area contributed by atoms with Crippen LogP contribution in [-0.4, -0.2) is 12.8 Å². The second-order valence-electron chi connectivity index (χ2n) is 6.28. The van der Waals surface area contributed by atoms with Gasteiger partial charge in [0.1, 0.15) is 11.6 Å². The fraction of sp³-hybridized carbons (Fsp3) is 0.381. The molecule has 0 aromatic heterocycles. The third-order valence-electron chi connectivity index (χ3n) is 4.55. The second kappa shape index (κ2) is 8.09. The lowest BCUT2D eigenvalue weighted by molar-refractivity contribution is 0.326. The first-order valence-corrected chi connectivity index (χ1v) is 8.83. The molecule has 2 nitrogen and oxygen atoms in total. The van der Waals surface area contributed by atoms with Gasteiger partial charge in [0.2, 0.25) is 0 Å². The molecule has 0 aliphatic heterocycles. The molecule has 0 N–H and O–H groups in total. The van der Waals surface area contributed by atoms with E-state index >= 15 is 0 Å². The minimum absolute atomic E-state index is 0.214. The Morgan fingerprint density at radius 2 is 1.88 bits per heavy atom. The quantitative estimate of drug-likeness (QED) is 0.616. The molecule has 0 saturated heterocycles. The van der Waals surface area contributed by atoms with Crippen molar-refractivity contribution in [3.63, 3.8) is 0 Å². The van der Waals surface area contributed by atoms with Crippen LogP contribution >= 0.6 is 0 Å². The number of para-hydroxylation sites is 1. The smallest absolute Gasteiger partial charge is 0.131 e. The Balaban J connectivity index is 1.97. The van der Waals surface area contributed by atoms with Crippen molar-refractivity contribution >= 4 is 11.9 Å². The number of hydrogen-bond acceptors (Lipinski definition) is 2. The zero-order valence-corrected chi connectivity index (χ0v) is 14.2. The van der Waals surface area contributed by atoms with Crippen molar-refractivity contribution in [2.75, 3.05) is 6.61 Å². The first-order chi connectivity index (χ1) is 11.8. The van der Waals surface area contributed by atoms with Gasteiger partial charge in [-0.05, 0) is 49.9 Å². The first kappa shape index (κ1) is 16.7. The molecule has 3 rings (SSSR count). The Morgan fingerprint density at radius 1 is 1.12 bits per heavy atom. The molecule has 0 radical (unpaired) electrons. The van der Waals surface area contributed by atoms with Gasteiger partial charge in [-0.25, -0.2) is 4.39 Å². The van der Waals surface area contributed by atoms with Gasteiger partial charge in [-0.15, -0.1) is 0 Å². The van der Waals surface area contributed by atoms with Crippen molar-refractivity contribution in [1.29, 1.82) is 0 Å². The van der Waals surface area contributed by atoms with Gasteiger partial charge in [-0.2, -0.15) is 0 Å². The van der Waals surface area contributed by atoms with Crippen molar-refractivity contribution in [1.82, 2.24) is 0 Å². The van der Waals surface area contributed by atoms with Gasteiger partial charge < -0.3 is 4.74 Å². The summed E-state index contributed by atoms with van der Waals surface area (Å²) in [6, 6.07) is 12.9. The molecule has 1 saturated carbocycles. The van der Waals surface area contributed by atoms with Crippen LogP contribution in [0.15, 0.2) is 47.5 Å². The Labute approximate surface area is 143 Å². The molecule has 0 heterocycles. The average molecular weight is 325 g/mol. The van der Waals surface area contributed by atoms with Gasteiger partial charge in [-0.1, -0.05) is 37.5 Å². The Bertz CT molecular complexity index is 690. The minimum Gasteiger partial charge on any atom is -0.493 e. The second-order valence-corrected chi connectivity index (χ2v) is 6.28.